The fraction of sp³-hybridized carbons (Fsp3) is 0.706. The molecule has 0 saturated heterocycles. The third-order valence-corrected chi connectivity index (χ3v) is 4.08. The van der Waals surface area contributed by atoms with E-state index in [-0.39, 0.29) is 36.4 Å². The molecule has 1 heterocycles. The summed E-state index contributed by atoms with van der Waals surface area (Å²) >= 11 is 0. The Bertz CT molecular complexity index is 553. The van der Waals surface area contributed by atoms with E-state index in [4.69, 9.17) is 4.52 Å². The third-order valence-electron chi connectivity index (χ3n) is 4.08. The lowest BCUT2D eigenvalue weighted by Crippen LogP contribution is -2.38. The number of hydrogen-bond donors (Lipinski definition) is 3. The number of aromatic nitrogens is 1. The van der Waals surface area contributed by atoms with E-state index in [1.165, 1.54) is 0 Å². The van der Waals surface area contributed by atoms with Crippen molar-refractivity contribution in [2.24, 2.45) is 4.99 Å². The van der Waals surface area contributed by atoms with Gasteiger partial charge in [0.15, 0.2) is 11.7 Å². The van der Waals surface area contributed by atoms with Crippen molar-refractivity contribution in [1.29, 1.82) is 0 Å². The van der Waals surface area contributed by atoms with Crippen molar-refractivity contribution in [2.45, 2.75) is 65.0 Å². The van der Waals surface area contributed by atoms with Gasteiger partial charge in [0.2, 0.25) is 5.91 Å². The minimum atomic E-state index is -0.0367. The van der Waals surface area contributed by atoms with Crippen molar-refractivity contribution < 1.29 is 9.32 Å². The molecule has 1 aromatic rings. The highest BCUT2D eigenvalue weighted by molar-refractivity contribution is 14.0. The summed E-state index contributed by atoms with van der Waals surface area (Å²) in [6.07, 6.45) is 4.27. The van der Waals surface area contributed by atoms with Crippen LogP contribution in [0.4, 0.5) is 0 Å². The highest BCUT2D eigenvalue weighted by Gasteiger charge is 2.22. The van der Waals surface area contributed by atoms with Crippen molar-refractivity contribution in [3.63, 3.8) is 0 Å². The second-order valence-corrected chi connectivity index (χ2v) is 6.12. The molecule has 25 heavy (non-hydrogen) atoms. The van der Waals surface area contributed by atoms with Gasteiger partial charge in [0, 0.05) is 24.6 Å². The van der Waals surface area contributed by atoms with Gasteiger partial charge in [-0.3, -0.25) is 4.79 Å². The highest BCUT2D eigenvalue weighted by atomic mass is 127. The summed E-state index contributed by atoms with van der Waals surface area (Å²) in [4.78, 5) is 16.0. The predicted octanol–water partition coefficient (Wildman–Crippen LogP) is 2.53. The van der Waals surface area contributed by atoms with Crippen LogP contribution in [0.15, 0.2) is 15.6 Å². The molecule has 0 aliphatic heterocycles. The van der Waals surface area contributed by atoms with E-state index in [9.17, 15) is 4.79 Å². The molecular formula is C17H30IN5O2. The fourth-order valence-corrected chi connectivity index (χ4v) is 2.48. The summed E-state index contributed by atoms with van der Waals surface area (Å²) in [5.41, 5.74) is 1.00. The van der Waals surface area contributed by atoms with E-state index in [0.717, 1.165) is 43.7 Å². The summed E-state index contributed by atoms with van der Waals surface area (Å²) < 4.78 is 5.39. The van der Waals surface area contributed by atoms with E-state index in [1.807, 2.05) is 13.0 Å². The van der Waals surface area contributed by atoms with E-state index < -0.39 is 0 Å². The van der Waals surface area contributed by atoms with Gasteiger partial charge < -0.3 is 20.5 Å². The maximum absolute atomic E-state index is 11.7. The minimum absolute atomic E-state index is 0. The van der Waals surface area contributed by atoms with Crippen LogP contribution in [0.5, 0.6) is 0 Å². The van der Waals surface area contributed by atoms with Crippen LogP contribution in [0.2, 0.25) is 0 Å². The summed E-state index contributed by atoms with van der Waals surface area (Å²) in [6, 6.07) is 2.36. The molecule has 3 N–H and O–H groups in total. The van der Waals surface area contributed by atoms with E-state index in [2.05, 4.69) is 39.9 Å². The molecule has 0 spiro atoms. The lowest BCUT2D eigenvalue weighted by molar-refractivity contribution is -0.119. The molecule has 1 aliphatic carbocycles. The van der Waals surface area contributed by atoms with Crippen molar-refractivity contribution >= 4 is 35.8 Å². The molecule has 1 saturated carbocycles. The van der Waals surface area contributed by atoms with Crippen LogP contribution in [0, 0.1) is 0 Å². The van der Waals surface area contributed by atoms with Gasteiger partial charge in [0.25, 0.3) is 0 Å². The van der Waals surface area contributed by atoms with Crippen LogP contribution < -0.4 is 16.0 Å². The third kappa shape index (κ3) is 7.62. The largest absolute Gasteiger partial charge is 0.359 e. The van der Waals surface area contributed by atoms with Gasteiger partial charge in [0.05, 0.1) is 12.2 Å². The Morgan fingerprint density at radius 3 is 2.64 bits per heavy atom. The first-order valence-corrected chi connectivity index (χ1v) is 8.93. The van der Waals surface area contributed by atoms with Crippen molar-refractivity contribution in [3.8, 4) is 0 Å². The first kappa shape index (κ1) is 21.7. The number of amides is 1. The SMILES string of the molecule is CCNC(=NCC(=O)NC1CC1)NCc1cc(C(CC)CC)no1.I. The quantitative estimate of drug-likeness (QED) is 0.298. The standard InChI is InChI=1S/C17H29N5O2.HI/c1-4-12(5-2)15-9-14(24-22-15)10-19-17(18-6-3)20-11-16(23)21-13-7-8-13;/h9,12-13H,4-8,10-11H2,1-3H3,(H,21,23)(H2,18,19,20);1H. The molecule has 0 unspecified atom stereocenters. The predicted molar refractivity (Wildman–Crippen MR) is 109 cm³/mol. The lowest BCUT2D eigenvalue weighted by Gasteiger charge is -2.09. The van der Waals surface area contributed by atoms with E-state index in [1.54, 1.807) is 0 Å². The van der Waals surface area contributed by atoms with Crippen LogP contribution in [-0.4, -0.2) is 36.2 Å². The van der Waals surface area contributed by atoms with Crippen LogP contribution in [0.25, 0.3) is 0 Å². The zero-order chi connectivity index (χ0) is 17.4. The molecule has 0 bridgehead atoms. The lowest BCUT2D eigenvalue weighted by atomic mass is 9.99. The maximum Gasteiger partial charge on any atom is 0.242 e. The smallest absolute Gasteiger partial charge is 0.242 e. The molecular weight excluding hydrogens is 433 g/mol. The summed E-state index contributed by atoms with van der Waals surface area (Å²) in [6.45, 7) is 7.64. The topological polar surface area (TPSA) is 91.5 Å². The number of halogens is 1. The molecule has 1 amide bonds. The Balaban J connectivity index is 0.00000312. The highest BCUT2D eigenvalue weighted by Crippen LogP contribution is 2.22. The Labute approximate surface area is 166 Å². The van der Waals surface area contributed by atoms with Gasteiger partial charge in [-0.05, 0) is 32.6 Å². The fourth-order valence-electron chi connectivity index (χ4n) is 2.48. The number of nitrogens with zero attached hydrogens (tertiary/aromatic N) is 2. The first-order chi connectivity index (χ1) is 11.7. The Morgan fingerprint density at radius 1 is 1.32 bits per heavy atom. The minimum Gasteiger partial charge on any atom is -0.359 e. The van der Waals surface area contributed by atoms with Crippen molar-refractivity contribution in [3.05, 3.63) is 17.5 Å². The van der Waals surface area contributed by atoms with Gasteiger partial charge in [-0.1, -0.05) is 19.0 Å². The normalized spacial score (nSPS) is 14.2. The molecule has 142 valence electrons. The number of guanidine groups is 1. The maximum atomic E-state index is 11.7. The Hall–Kier alpha value is -1.32. The molecule has 1 fully saturated rings. The molecule has 0 aromatic carbocycles. The summed E-state index contributed by atoms with van der Waals surface area (Å²) in [5, 5.41) is 13.4. The molecule has 8 heteroatoms. The second-order valence-electron chi connectivity index (χ2n) is 6.12. The van der Waals surface area contributed by atoms with Crippen molar-refractivity contribution in [2.75, 3.05) is 13.1 Å². The van der Waals surface area contributed by atoms with Crippen LogP contribution in [0.3, 0.4) is 0 Å². The van der Waals surface area contributed by atoms with E-state index in [0.29, 0.717) is 24.5 Å². The molecule has 2 rings (SSSR count). The van der Waals surface area contributed by atoms with Crippen molar-refractivity contribution in [1.82, 2.24) is 21.1 Å². The summed E-state index contributed by atoms with van der Waals surface area (Å²) in [7, 11) is 0. The zero-order valence-corrected chi connectivity index (χ0v) is 17.6. The van der Waals surface area contributed by atoms with Crippen LogP contribution in [-0.2, 0) is 11.3 Å². The zero-order valence-electron chi connectivity index (χ0n) is 15.3. The Morgan fingerprint density at radius 2 is 2.04 bits per heavy atom. The Kier molecular flexibility index (Phi) is 9.84. The number of nitrogens with one attached hydrogen (secondary N) is 3. The van der Waals surface area contributed by atoms with Gasteiger partial charge in [-0.15, -0.1) is 24.0 Å². The first-order valence-electron chi connectivity index (χ1n) is 8.93. The van der Waals surface area contributed by atoms with Gasteiger partial charge in [0.1, 0.15) is 6.54 Å². The second kappa shape index (κ2) is 11.3. The van der Waals surface area contributed by atoms with E-state index >= 15 is 0 Å². The van der Waals surface area contributed by atoms with Gasteiger partial charge >= 0.3 is 0 Å². The molecule has 7 nitrogen and oxygen atoms in total. The van der Waals surface area contributed by atoms with Crippen LogP contribution >= 0.6 is 24.0 Å². The molecule has 0 atom stereocenters. The average molecular weight is 463 g/mol. The molecule has 0 radical (unpaired) electrons. The molecule has 1 aromatic heterocycles. The summed E-state index contributed by atoms with van der Waals surface area (Å²) in [5.74, 6) is 1.77. The number of aliphatic imine (C=N–C) groups is 1. The number of carbonyl (C=O) groups excluding carboxylic acids is 1. The number of hydrogen-bond acceptors (Lipinski definition) is 4. The van der Waals surface area contributed by atoms with Gasteiger partial charge in [-0.25, -0.2) is 4.99 Å². The number of rotatable bonds is 9. The number of carbonyl (C=O) groups is 1. The monoisotopic (exact) mass is 463 g/mol. The average Bonchev–Trinajstić information content (AvgIpc) is 3.26. The molecule has 1 aliphatic rings. The van der Waals surface area contributed by atoms with Gasteiger partial charge in [-0.2, -0.15) is 0 Å². The van der Waals surface area contributed by atoms with Crippen LogP contribution in [0.1, 0.15) is 63.8 Å².